The molecule has 0 N–H and O–H groups in total. The van der Waals surface area contributed by atoms with Crippen LogP contribution in [0, 0.1) is 0 Å². The summed E-state index contributed by atoms with van der Waals surface area (Å²) >= 11 is 6.27. The minimum atomic E-state index is -4.59. The fourth-order valence-electron chi connectivity index (χ4n) is 3.60. The number of nitrogens with zero attached hydrogens (tertiary/aromatic N) is 3. The lowest BCUT2D eigenvalue weighted by Gasteiger charge is -2.15. The van der Waals surface area contributed by atoms with Crippen LogP contribution >= 0.6 is 11.6 Å². The second-order valence-corrected chi connectivity index (χ2v) is 9.56. The van der Waals surface area contributed by atoms with Crippen molar-refractivity contribution in [2.24, 2.45) is 9.50 Å². The smallest absolute Gasteiger partial charge is 0.416 e. The summed E-state index contributed by atoms with van der Waals surface area (Å²) in [6.07, 6.45) is -4.59. The van der Waals surface area contributed by atoms with Crippen molar-refractivity contribution in [3.05, 3.63) is 95.6 Å². The van der Waals surface area contributed by atoms with Crippen LogP contribution in [0.3, 0.4) is 0 Å². The van der Waals surface area contributed by atoms with Gasteiger partial charge < -0.3 is 4.74 Å². The summed E-state index contributed by atoms with van der Waals surface area (Å²) in [6, 6.07) is 19.8. The maximum Gasteiger partial charge on any atom is 0.416 e. The van der Waals surface area contributed by atoms with Crippen LogP contribution in [0.25, 0.3) is 0 Å². The van der Waals surface area contributed by atoms with E-state index in [0.717, 1.165) is 23.3 Å². The van der Waals surface area contributed by atoms with Crippen molar-refractivity contribution in [1.82, 2.24) is 5.01 Å². The van der Waals surface area contributed by atoms with Crippen molar-refractivity contribution in [2.45, 2.75) is 17.0 Å². The number of hydrazone groups is 1. The molecule has 1 heterocycles. The molecule has 0 saturated carbocycles. The van der Waals surface area contributed by atoms with Crippen molar-refractivity contribution >= 4 is 32.6 Å². The summed E-state index contributed by atoms with van der Waals surface area (Å²) in [7, 11) is -2.81. The zero-order valence-corrected chi connectivity index (χ0v) is 19.8. The Bertz CT molecular complexity index is 1360. The van der Waals surface area contributed by atoms with Gasteiger partial charge in [0.25, 0.3) is 10.0 Å². The Balaban J connectivity index is 1.66. The van der Waals surface area contributed by atoms with Crippen LogP contribution in [0.2, 0.25) is 0 Å². The predicted octanol–water partition coefficient (Wildman–Crippen LogP) is 5.50. The number of halogens is 4. The molecule has 182 valence electrons. The average Bonchev–Trinajstić information content (AvgIpc) is 3.30. The highest BCUT2D eigenvalue weighted by Gasteiger charge is 2.33. The van der Waals surface area contributed by atoms with Crippen LogP contribution in [0.4, 0.5) is 13.2 Å². The largest absolute Gasteiger partial charge is 0.497 e. The lowest BCUT2D eigenvalue weighted by molar-refractivity contribution is -0.137. The zero-order chi connectivity index (χ0) is 25.2. The van der Waals surface area contributed by atoms with E-state index in [2.05, 4.69) is 9.50 Å². The molecule has 0 bridgehead atoms. The number of benzene rings is 3. The molecule has 1 aliphatic heterocycles. The SMILES string of the molecule is COc1ccc(C2=NN(C(Cl)=NS(=O)(=O)c3ccc(C(F)(F)F)cc3)CC2c2ccccc2)cc1. The first-order chi connectivity index (χ1) is 16.6. The Kier molecular flexibility index (Phi) is 6.86. The number of methoxy groups -OCH3 is 1. The fourth-order valence-corrected chi connectivity index (χ4v) is 4.86. The molecule has 0 spiro atoms. The van der Waals surface area contributed by atoms with Gasteiger partial charge in [-0.25, -0.2) is 5.01 Å². The first kappa shape index (κ1) is 24.7. The highest BCUT2D eigenvalue weighted by Crippen LogP contribution is 2.32. The summed E-state index contributed by atoms with van der Waals surface area (Å²) in [6.45, 7) is 0.218. The number of alkyl halides is 3. The van der Waals surface area contributed by atoms with Crippen molar-refractivity contribution in [1.29, 1.82) is 0 Å². The molecule has 11 heteroatoms. The normalized spacial score (nSPS) is 16.8. The third-order valence-corrected chi connectivity index (χ3v) is 7.05. The highest BCUT2D eigenvalue weighted by atomic mass is 35.5. The van der Waals surface area contributed by atoms with E-state index in [1.54, 1.807) is 19.2 Å². The van der Waals surface area contributed by atoms with E-state index in [-0.39, 0.29) is 12.5 Å². The lowest BCUT2D eigenvalue weighted by Crippen LogP contribution is -2.23. The maximum atomic E-state index is 12.8. The standard InChI is InChI=1S/C24H19ClF3N3O3S/c1-34-19-11-7-17(8-12-19)22-21(16-5-3-2-4-6-16)15-31(29-22)23(25)30-35(32,33)20-13-9-18(10-14-20)24(26,27)28/h2-14,21H,15H2,1H3. The molecule has 0 radical (unpaired) electrons. The molecule has 1 atom stereocenters. The molecule has 0 amide bonds. The van der Waals surface area contributed by atoms with E-state index in [9.17, 15) is 21.6 Å². The van der Waals surface area contributed by atoms with Gasteiger partial charge in [0, 0.05) is 5.92 Å². The Labute approximate surface area is 205 Å². The molecule has 6 nitrogen and oxygen atoms in total. The molecule has 0 fully saturated rings. The molecule has 0 saturated heterocycles. The van der Waals surface area contributed by atoms with Crippen LogP contribution in [0.5, 0.6) is 5.75 Å². The number of hydrogen-bond donors (Lipinski definition) is 0. The number of ether oxygens (including phenoxy) is 1. The Morgan fingerprint density at radius 3 is 2.23 bits per heavy atom. The summed E-state index contributed by atoms with van der Waals surface area (Å²) in [5.74, 6) is 0.435. The summed E-state index contributed by atoms with van der Waals surface area (Å²) in [4.78, 5) is -0.415. The summed E-state index contributed by atoms with van der Waals surface area (Å²) < 4.78 is 72.6. The van der Waals surface area contributed by atoms with E-state index < -0.39 is 32.0 Å². The fraction of sp³-hybridized carbons (Fsp3) is 0.167. The topological polar surface area (TPSA) is 71.3 Å². The monoisotopic (exact) mass is 521 g/mol. The first-order valence-corrected chi connectivity index (χ1v) is 12.1. The van der Waals surface area contributed by atoms with E-state index in [4.69, 9.17) is 16.3 Å². The second kappa shape index (κ2) is 9.71. The van der Waals surface area contributed by atoms with Gasteiger partial charge in [-0.1, -0.05) is 30.3 Å². The quantitative estimate of drug-likeness (QED) is 0.252. The molecule has 3 aromatic carbocycles. The number of sulfonamides is 1. The second-order valence-electron chi connectivity index (χ2n) is 7.62. The Morgan fingerprint density at radius 1 is 1.03 bits per heavy atom. The van der Waals surface area contributed by atoms with Gasteiger partial charge >= 0.3 is 6.18 Å². The van der Waals surface area contributed by atoms with Gasteiger partial charge in [-0.05, 0) is 71.3 Å². The average molecular weight is 522 g/mol. The van der Waals surface area contributed by atoms with Gasteiger partial charge in [0.2, 0.25) is 5.29 Å². The van der Waals surface area contributed by atoms with Crippen LogP contribution in [-0.2, 0) is 16.2 Å². The molecule has 0 aromatic heterocycles. The van der Waals surface area contributed by atoms with Crippen molar-refractivity contribution in [2.75, 3.05) is 13.7 Å². The van der Waals surface area contributed by atoms with E-state index in [1.165, 1.54) is 5.01 Å². The van der Waals surface area contributed by atoms with Gasteiger partial charge in [-0.15, -0.1) is 4.40 Å². The van der Waals surface area contributed by atoms with Gasteiger partial charge in [-0.2, -0.15) is 26.7 Å². The first-order valence-electron chi connectivity index (χ1n) is 10.3. The van der Waals surface area contributed by atoms with Crippen LogP contribution in [0.15, 0.2) is 93.3 Å². The molecular weight excluding hydrogens is 503 g/mol. The number of amidine groups is 1. The van der Waals surface area contributed by atoms with Gasteiger partial charge in [-0.3, -0.25) is 0 Å². The third kappa shape index (κ3) is 5.49. The minimum Gasteiger partial charge on any atom is -0.497 e. The zero-order valence-electron chi connectivity index (χ0n) is 18.3. The summed E-state index contributed by atoms with van der Waals surface area (Å²) in [5.41, 5.74) is 1.42. The van der Waals surface area contributed by atoms with E-state index >= 15 is 0 Å². The van der Waals surface area contributed by atoms with Gasteiger partial charge in [0.1, 0.15) is 5.75 Å². The van der Waals surface area contributed by atoms with E-state index in [1.807, 2.05) is 42.5 Å². The number of hydrogen-bond acceptors (Lipinski definition) is 4. The molecule has 4 rings (SSSR count). The van der Waals surface area contributed by atoms with E-state index in [0.29, 0.717) is 23.6 Å². The van der Waals surface area contributed by atoms with Crippen molar-refractivity contribution < 1.29 is 26.3 Å². The Morgan fingerprint density at radius 2 is 1.66 bits per heavy atom. The molecule has 3 aromatic rings. The molecule has 35 heavy (non-hydrogen) atoms. The summed E-state index contributed by atoms with van der Waals surface area (Å²) in [5, 5.41) is 5.37. The molecular formula is C24H19ClF3N3O3S. The highest BCUT2D eigenvalue weighted by molar-refractivity contribution is 7.90. The van der Waals surface area contributed by atoms with Crippen molar-refractivity contribution in [3.63, 3.8) is 0 Å². The van der Waals surface area contributed by atoms with Crippen LogP contribution in [-0.4, -0.2) is 38.1 Å². The molecule has 0 aliphatic carbocycles. The van der Waals surface area contributed by atoms with Crippen molar-refractivity contribution in [3.8, 4) is 5.75 Å². The van der Waals surface area contributed by atoms with Crippen LogP contribution < -0.4 is 4.74 Å². The Hall–Kier alpha value is -3.37. The molecule has 1 aliphatic rings. The lowest BCUT2D eigenvalue weighted by atomic mass is 9.91. The van der Waals surface area contributed by atoms with Gasteiger partial charge in [0.15, 0.2) is 0 Å². The van der Waals surface area contributed by atoms with Crippen LogP contribution in [0.1, 0.15) is 22.6 Å². The third-order valence-electron chi connectivity index (χ3n) is 5.39. The predicted molar refractivity (Wildman–Crippen MR) is 127 cm³/mol. The molecule has 1 unspecified atom stereocenters. The number of rotatable bonds is 5. The maximum absolute atomic E-state index is 12.8. The minimum absolute atomic E-state index is 0.218. The van der Waals surface area contributed by atoms with Gasteiger partial charge in [0.05, 0.1) is 29.8 Å².